The van der Waals surface area contributed by atoms with E-state index in [0.29, 0.717) is 13.1 Å². The standard InChI is InChI=1S/C13H17N3OS/c1-15-6-7-16(10-13(15)17)9-12-11(3-2-5-14)4-8-18-12/h4,8H,5-7,9-10,14H2,1H3. The summed E-state index contributed by atoms with van der Waals surface area (Å²) < 4.78 is 0. The van der Waals surface area contributed by atoms with Gasteiger partial charge in [-0.15, -0.1) is 11.3 Å². The summed E-state index contributed by atoms with van der Waals surface area (Å²) in [7, 11) is 1.85. The van der Waals surface area contributed by atoms with Gasteiger partial charge in [-0.05, 0) is 11.4 Å². The molecule has 1 aliphatic heterocycles. The van der Waals surface area contributed by atoms with Gasteiger partial charge in [0.2, 0.25) is 5.91 Å². The molecule has 0 bridgehead atoms. The molecule has 1 saturated heterocycles. The summed E-state index contributed by atoms with van der Waals surface area (Å²) in [6.45, 7) is 3.39. The zero-order chi connectivity index (χ0) is 13.0. The maximum atomic E-state index is 11.6. The molecular weight excluding hydrogens is 246 g/mol. The lowest BCUT2D eigenvalue weighted by molar-refractivity contribution is -0.134. The van der Waals surface area contributed by atoms with Crippen molar-refractivity contribution in [2.45, 2.75) is 6.54 Å². The Balaban J connectivity index is 2.01. The Kier molecular flexibility index (Phi) is 4.37. The van der Waals surface area contributed by atoms with Gasteiger partial charge in [-0.2, -0.15) is 0 Å². The smallest absolute Gasteiger partial charge is 0.236 e. The Morgan fingerprint density at radius 1 is 1.50 bits per heavy atom. The minimum atomic E-state index is 0.187. The minimum Gasteiger partial charge on any atom is -0.343 e. The number of hydrogen-bond acceptors (Lipinski definition) is 4. The number of amides is 1. The highest BCUT2D eigenvalue weighted by Crippen LogP contribution is 2.19. The van der Waals surface area contributed by atoms with Crippen molar-refractivity contribution >= 4 is 17.2 Å². The molecular formula is C13H17N3OS. The van der Waals surface area contributed by atoms with Gasteiger partial charge in [-0.25, -0.2) is 0 Å². The minimum absolute atomic E-state index is 0.187. The molecule has 0 atom stereocenters. The zero-order valence-electron chi connectivity index (χ0n) is 10.5. The van der Waals surface area contributed by atoms with Crippen LogP contribution in [0.25, 0.3) is 0 Å². The summed E-state index contributed by atoms with van der Waals surface area (Å²) in [5.41, 5.74) is 6.42. The fourth-order valence-electron chi connectivity index (χ4n) is 1.87. The van der Waals surface area contributed by atoms with Crippen molar-refractivity contribution in [1.29, 1.82) is 0 Å². The summed E-state index contributed by atoms with van der Waals surface area (Å²) in [5.74, 6) is 6.14. The van der Waals surface area contributed by atoms with Gasteiger partial charge in [-0.1, -0.05) is 11.8 Å². The van der Waals surface area contributed by atoms with Crippen LogP contribution in [-0.4, -0.2) is 48.9 Å². The van der Waals surface area contributed by atoms with Gasteiger partial charge in [0.1, 0.15) is 0 Å². The van der Waals surface area contributed by atoms with E-state index in [1.54, 1.807) is 16.2 Å². The first-order valence-electron chi connectivity index (χ1n) is 5.92. The van der Waals surface area contributed by atoms with Crippen LogP contribution in [0.15, 0.2) is 11.4 Å². The Morgan fingerprint density at radius 2 is 2.33 bits per heavy atom. The summed E-state index contributed by atoms with van der Waals surface area (Å²) in [4.78, 5) is 16.8. The average Bonchev–Trinajstić information content (AvgIpc) is 2.79. The number of carbonyl (C=O) groups excluding carboxylic acids is 1. The second-order valence-electron chi connectivity index (χ2n) is 4.29. The van der Waals surface area contributed by atoms with E-state index in [1.807, 2.05) is 18.5 Å². The van der Waals surface area contributed by atoms with Crippen LogP contribution in [0.3, 0.4) is 0 Å². The lowest BCUT2D eigenvalue weighted by Gasteiger charge is -2.31. The molecule has 2 rings (SSSR count). The van der Waals surface area contributed by atoms with Crippen LogP contribution in [0.5, 0.6) is 0 Å². The molecule has 1 fully saturated rings. The molecule has 2 heterocycles. The second-order valence-corrected chi connectivity index (χ2v) is 5.29. The van der Waals surface area contributed by atoms with Gasteiger partial charge >= 0.3 is 0 Å². The fraction of sp³-hybridized carbons (Fsp3) is 0.462. The van der Waals surface area contributed by atoms with Crippen molar-refractivity contribution in [3.8, 4) is 11.8 Å². The van der Waals surface area contributed by atoms with Crippen molar-refractivity contribution in [2.24, 2.45) is 5.73 Å². The lowest BCUT2D eigenvalue weighted by Crippen LogP contribution is -2.47. The molecule has 18 heavy (non-hydrogen) atoms. The van der Waals surface area contributed by atoms with Crippen LogP contribution in [0, 0.1) is 11.8 Å². The second kappa shape index (κ2) is 6.01. The number of piperazine rings is 1. The van der Waals surface area contributed by atoms with Crippen LogP contribution in [-0.2, 0) is 11.3 Å². The quantitative estimate of drug-likeness (QED) is 0.783. The topological polar surface area (TPSA) is 49.6 Å². The normalized spacial score (nSPS) is 16.6. The van der Waals surface area contributed by atoms with Gasteiger partial charge in [0.25, 0.3) is 0 Å². The van der Waals surface area contributed by atoms with Gasteiger partial charge in [0.15, 0.2) is 0 Å². The first kappa shape index (κ1) is 13.1. The van der Waals surface area contributed by atoms with Crippen LogP contribution in [0.2, 0.25) is 0 Å². The number of likely N-dealkylation sites (N-methyl/N-ethyl adjacent to an activating group) is 1. The Hall–Kier alpha value is -1.35. The highest BCUT2D eigenvalue weighted by molar-refractivity contribution is 7.10. The Morgan fingerprint density at radius 3 is 3.06 bits per heavy atom. The van der Waals surface area contributed by atoms with Gasteiger partial charge < -0.3 is 10.6 Å². The molecule has 1 aliphatic rings. The fourth-order valence-corrected chi connectivity index (χ4v) is 2.74. The summed E-state index contributed by atoms with van der Waals surface area (Å²) in [6, 6.07) is 2.01. The van der Waals surface area contributed by atoms with Crippen molar-refractivity contribution in [2.75, 3.05) is 33.2 Å². The van der Waals surface area contributed by atoms with Gasteiger partial charge in [0, 0.05) is 37.1 Å². The molecule has 0 spiro atoms. The molecule has 1 aromatic heterocycles. The van der Waals surface area contributed by atoms with Crippen LogP contribution >= 0.6 is 11.3 Å². The zero-order valence-corrected chi connectivity index (χ0v) is 11.3. The van der Waals surface area contributed by atoms with E-state index in [0.717, 1.165) is 25.2 Å². The maximum Gasteiger partial charge on any atom is 0.236 e. The Bertz CT molecular complexity index is 486. The first-order chi connectivity index (χ1) is 8.70. The van der Waals surface area contributed by atoms with Crippen LogP contribution in [0.1, 0.15) is 10.4 Å². The summed E-state index contributed by atoms with van der Waals surface area (Å²) in [6.07, 6.45) is 0. The van der Waals surface area contributed by atoms with E-state index in [-0.39, 0.29) is 5.91 Å². The van der Waals surface area contributed by atoms with Gasteiger partial charge in [-0.3, -0.25) is 9.69 Å². The number of nitrogens with two attached hydrogens (primary N) is 1. The molecule has 1 amide bonds. The number of thiophene rings is 1. The van der Waals surface area contributed by atoms with Gasteiger partial charge in [0.05, 0.1) is 13.1 Å². The molecule has 0 saturated carbocycles. The predicted octanol–water partition coefficient (Wildman–Crippen LogP) is 0.332. The van der Waals surface area contributed by atoms with E-state index < -0.39 is 0 Å². The van der Waals surface area contributed by atoms with E-state index in [2.05, 4.69) is 16.7 Å². The number of nitrogens with zero attached hydrogens (tertiary/aromatic N) is 2. The third-order valence-corrected chi connectivity index (χ3v) is 3.88. The van der Waals surface area contributed by atoms with Crippen molar-refractivity contribution < 1.29 is 4.79 Å². The van der Waals surface area contributed by atoms with Crippen molar-refractivity contribution in [3.63, 3.8) is 0 Å². The molecule has 5 heteroatoms. The van der Waals surface area contributed by atoms with E-state index in [9.17, 15) is 4.79 Å². The number of carbonyl (C=O) groups is 1. The predicted molar refractivity (Wildman–Crippen MR) is 73.2 cm³/mol. The number of hydrogen-bond donors (Lipinski definition) is 1. The average molecular weight is 263 g/mol. The molecule has 0 aromatic carbocycles. The summed E-state index contributed by atoms with van der Waals surface area (Å²) >= 11 is 1.69. The van der Waals surface area contributed by atoms with E-state index >= 15 is 0 Å². The van der Waals surface area contributed by atoms with Crippen LogP contribution < -0.4 is 5.73 Å². The van der Waals surface area contributed by atoms with Crippen molar-refractivity contribution in [3.05, 3.63) is 21.9 Å². The largest absolute Gasteiger partial charge is 0.343 e. The number of rotatable bonds is 2. The molecule has 0 aliphatic carbocycles. The molecule has 0 radical (unpaired) electrons. The molecule has 2 N–H and O–H groups in total. The van der Waals surface area contributed by atoms with Crippen molar-refractivity contribution in [1.82, 2.24) is 9.80 Å². The molecule has 1 aromatic rings. The summed E-state index contributed by atoms with van der Waals surface area (Å²) in [5, 5.41) is 2.04. The highest BCUT2D eigenvalue weighted by atomic mass is 32.1. The van der Waals surface area contributed by atoms with E-state index in [1.165, 1.54) is 4.88 Å². The van der Waals surface area contributed by atoms with E-state index in [4.69, 9.17) is 5.73 Å². The molecule has 0 unspecified atom stereocenters. The molecule has 4 nitrogen and oxygen atoms in total. The molecule has 96 valence electrons. The maximum absolute atomic E-state index is 11.6. The lowest BCUT2D eigenvalue weighted by atomic mass is 10.2. The highest BCUT2D eigenvalue weighted by Gasteiger charge is 2.21. The third-order valence-electron chi connectivity index (χ3n) is 2.97. The SMILES string of the molecule is CN1CCN(Cc2sccc2C#CCN)CC1=O. The Labute approximate surface area is 111 Å². The van der Waals surface area contributed by atoms with Crippen LogP contribution in [0.4, 0.5) is 0 Å². The first-order valence-corrected chi connectivity index (χ1v) is 6.80. The monoisotopic (exact) mass is 263 g/mol. The third kappa shape index (κ3) is 3.10.